The summed E-state index contributed by atoms with van der Waals surface area (Å²) < 4.78 is 0. The molecule has 10 rings (SSSR count). The van der Waals surface area contributed by atoms with Crippen molar-refractivity contribution in [3.05, 3.63) is 158 Å². The van der Waals surface area contributed by atoms with Gasteiger partial charge in [-0.15, -0.1) is 0 Å². The average Bonchev–Trinajstić information content (AvgIpc) is 3.17. The molecule has 0 N–H and O–H groups in total. The molecule has 222 valence electrons. The van der Waals surface area contributed by atoms with Crippen molar-refractivity contribution in [1.29, 1.82) is 0 Å². The van der Waals surface area contributed by atoms with Gasteiger partial charge in [0.1, 0.15) is 0 Å². The summed E-state index contributed by atoms with van der Waals surface area (Å²) in [6.45, 7) is 0. The lowest BCUT2D eigenvalue weighted by molar-refractivity contribution is 1.29. The van der Waals surface area contributed by atoms with Gasteiger partial charge in [-0.1, -0.05) is 115 Å². The second-order valence-electron chi connectivity index (χ2n) is 12.3. The molecule has 0 bridgehead atoms. The van der Waals surface area contributed by atoms with Gasteiger partial charge in [-0.2, -0.15) is 0 Å². The van der Waals surface area contributed by atoms with Gasteiger partial charge in [0, 0.05) is 34.3 Å². The highest BCUT2D eigenvalue weighted by Gasteiger charge is 2.12. The zero-order valence-electron chi connectivity index (χ0n) is 25.8. The first-order valence-corrected chi connectivity index (χ1v) is 16.1. The van der Waals surface area contributed by atoms with Crippen LogP contribution < -0.4 is 0 Å². The first-order chi connectivity index (χ1) is 23.8. The Morgan fingerprint density at radius 2 is 0.792 bits per heavy atom. The van der Waals surface area contributed by atoms with Crippen LogP contribution in [0.1, 0.15) is 0 Å². The smallest absolute Gasteiger partial charge is 0.0972 e. The molecule has 0 aliphatic carbocycles. The Labute approximate surface area is 276 Å². The van der Waals surface area contributed by atoms with Gasteiger partial charge < -0.3 is 0 Å². The molecule has 3 aromatic heterocycles. The van der Waals surface area contributed by atoms with Crippen LogP contribution in [0.3, 0.4) is 0 Å². The van der Waals surface area contributed by atoms with E-state index >= 15 is 0 Å². The molecule has 48 heavy (non-hydrogen) atoms. The van der Waals surface area contributed by atoms with Gasteiger partial charge in [-0.05, 0) is 73.8 Å². The van der Waals surface area contributed by atoms with Crippen LogP contribution in [-0.2, 0) is 0 Å². The number of rotatable bonds is 3. The number of hydrogen-bond donors (Lipinski definition) is 0. The zero-order chi connectivity index (χ0) is 31.6. The van der Waals surface area contributed by atoms with Crippen LogP contribution in [0.5, 0.6) is 0 Å². The Balaban J connectivity index is 1.08. The fourth-order valence-corrected chi connectivity index (χ4v) is 7.13. The van der Waals surface area contributed by atoms with E-state index in [1.165, 1.54) is 32.3 Å². The van der Waals surface area contributed by atoms with Crippen LogP contribution in [0.4, 0.5) is 0 Å². The topological polar surface area (TPSA) is 51.6 Å². The lowest BCUT2D eigenvalue weighted by Crippen LogP contribution is -1.91. The quantitative estimate of drug-likeness (QED) is 0.187. The van der Waals surface area contributed by atoms with Crippen molar-refractivity contribution in [1.82, 2.24) is 19.9 Å². The molecular weight excluding hydrogens is 585 g/mol. The minimum Gasteiger partial charge on any atom is -0.253 e. The summed E-state index contributed by atoms with van der Waals surface area (Å²) >= 11 is 0. The van der Waals surface area contributed by atoms with E-state index in [0.717, 1.165) is 66.5 Å². The highest BCUT2D eigenvalue weighted by molar-refractivity contribution is 6.25. The van der Waals surface area contributed by atoms with Gasteiger partial charge in [-0.25, -0.2) is 9.97 Å². The molecule has 10 aromatic rings. The Morgan fingerprint density at radius 3 is 1.44 bits per heavy atom. The van der Waals surface area contributed by atoms with Gasteiger partial charge >= 0.3 is 0 Å². The molecule has 3 heterocycles. The molecule has 0 fully saturated rings. The minimum absolute atomic E-state index is 0.888. The van der Waals surface area contributed by atoms with Crippen LogP contribution in [-0.4, -0.2) is 19.9 Å². The Hall–Kier alpha value is -6.52. The van der Waals surface area contributed by atoms with Crippen molar-refractivity contribution < 1.29 is 0 Å². The molecule has 0 saturated heterocycles. The number of aromatic nitrogens is 4. The van der Waals surface area contributed by atoms with Crippen molar-refractivity contribution in [2.45, 2.75) is 0 Å². The molecule has 0 amide bonds. The number of fused-ring (bicyclic) bond motifs is 10. The Morgan fingerprint density at radius 1 is 0.312 bits per heavy atom. The monoisotopic (exact) mass is 610 g/mol. The first-order valence-electron chi connectivity index (χ1n) is 16.1. The minimum atomic E-state index is 0.888. The molecule has 4 heteroatoms. The predicted octanol–water partition coefficient (Wildman–Crippen LogP) is 11.2. The van der Waals surface area contributed by atoms with E-state index in [-0.39, 0.29) is 0 Å². The van der Waals surface area contributed by atoms with Crippen molar-refractivity contribution in [2.75, 3.05) is 0 Å². The van der Waals surface area contributed by atoms with E-state index in [1.807, 2.05) is 6.07 Å². The van der Waals surface area contributed by atoms with E-state index < -0.39 is 0 Å². The van der Waals surface area contributed by atoms with Crippen molar-refractivity contribution in [3.8, 4) is 33.6 Å². The van der Waals surface area contributed by atoms with E-state index in [0.29, 0.717) is 0 Å². The van der Waals surface area contributed by atoms with Crippen molar-refractivity contribution in [3.63, 3.8) is 0 Å². The fraction of sp³-hybridized carbons (Fsp3) is 0. The fourth-order valence-electron chi connectivity index (χ4n) is 7.13. The molecule has 0 spiro atoms. The summed E-state index contributed by atoms with van der Waals surface area (Å²) in [5.41, 5.74) is 9.83. The lowest BCUT2D eigenvalue weighted by atomic mass is 9.93. The second kappa shape index (κ2) is 10.5. The lowest BCUT2D eigenvalue weighted by Gasteiger charge is -2.12. The van der Waals surface area contributed by atoms with E-state index in [2.05, 4.69) is 149 Å². The third kappa shape index (κ3) is 4.24. The van der Waals surface area contributed by atoms with Gasteiger partial charge in [0.05, 0.1) is 33.5 Å². The molecule has 0 aliphatic rings. The largest absolute Gasteiger partial charge is 0.253 e. The maximum absolute atomic E-state index is 5.26. The maximum atomic E-state index is 5.26. The highest BCUT2D eigenvalue weighted by Crippen LogP contribution is 2.37. The SMILES string of the molecule is c1ccc2c(c1)c1ccccc1c1cc(-c3ccc4ccc5ccc(-c6ccc(-c7ccc8nccnc8c7)cc6)nc5c4n3)ccc21. The zero-order valence-corrected chi connectivity index (χ0v) is 25.8. The molecule has 0 aliphatic heterocycles. The summed E-state index contributed by atoms with van der Waals surface area (Å²) in [7, 11) is 0. The first kappa shape index (κ1) is 26.7. The molecular formula is C44H26N4. The van der Waals surface area contributed by atoms with E-state index in [1.54, 1.807) is 12.4 Å². The molecule has 0 saturated carbocycles. The summed E-state index contributed by atoms with van der Waals surface area (Å²) in [6.07, 6.45) is 3.45. The van der Waals surface area contributed by atoms with Crippen LogP contribution in [0.15, 0.2) is 158 Å². The molecule has 7 aromatic carbocycles. The number of benzene rings is 7. The summed E-state index contributed by atoms with van der Waals surface area (Å²) in [5, 5.41) is 9.71. The highest BCUT2D eigenvalue weighted by atomic mass is 14.8. The molecule has 0 unspecified atom stereocenters. The number of pyridine rings is 2. The third-order valence-electron chi connectivity index (χ3n) is 9.54. The number of hydrogen-bond acceptors (Lipinski definition) is 4. The second-order valence-corrected chi connectivity index (χ2v) is 12.3. The van der Waals surface area contributed by atoms with Crippen LogP contribution in [0.2, 0.25) is 0 Å². The van der Waals surface area contributed by atoms with Gasteiger partial charge in [0.2, 0.25) is 0 Å². The van der Waals surface area contributed by atoms with Crippen molar-refractivity contribution in [2.24, 2.45) is 0 Å². The standard InChI is InChI=1S/C44H26N4/c1-2-7-35-33(5-1)34-6-3-4-8-36(34)38-25-32(15-19-37(35)38)40-21-17-30-14-13-29-16-20-39(47-43(29)44(30)48-40)28-11-9-27(10-12-28)31-18-22-41-42(26-31)46-24-23-45-41/h1-26H. The Kier molecular flexibility index (Phi) is 5.84. The van der Waals surface area contributed by atoms with Gasteiger partial charge in [-0.3, -0.25) is 9.97 Å². The van der Waals surface area contributed by atoms with Crippen LogP contribution in [0, 0.1) is 0 Å². The van der Waals surface area contributed by atoms with Crippen LogP contribution in [0.25, 0.3) is 98.8 Å². The molecule has 4 nitrogen and oxygen atoms in total. The third-order valence-corrected chi connectivity index (χ3v) is 9.54. The number of nitrogens with zero attached hydrogens (tertiary/aromatic N) is 4. The summed E-state index contributed by atoms with van der Waals surface area (Å²) in [6, 6.07) is 51.7. The van der Waals surface area contributed by atoms with Gasteiger partial charge in [0.15, 0.2) is 0 Å². The van der Waals surface area contributed by atoms with Crippen LogP contribution >= 0.6 is 0 Å². The maximum Gasteiger partial charge on any atom is 0.0972 e. The van der Waals surface area contributed by atoms with E-state index in [9.17, 15) is 0 Å². The van der Waals surface area contributed by atoms with E-state index in [4.69, 9.17) is 9.97 Å². The summed E-state index contributed by atoms with van der Waals surface area (Å²) in [5.74, 6) is 0. The van der Waals surface area contributed by atoms with Gasteiger partial charge in [0.25, 0.3) is 0 Å². The Bertz CT molecular complexity index is 2860. The predicted molar refractivity (Wildman–Crippen MR) is 199 cm³/mol. The molecule has 0 atom stereocenters. The molecule has 0 radical (unpaired) electrons. The average molecular weight is 611 g/mol. The normalized spacial score (nSPS) is 11.8. The summed E-state index contributed by atoms with van der Waals surface area (Å²) in [4.78, 5) is 19.3. The van der Waals surface area contributed by atoms with Crippen molar-refractivity contribution >= 4 is 65.2 Å².